The largest absolute Gasteiger partial charge is 0.364 e. The molecule has 0 aliphatic carbocycles. The molecule has 140 valence electrons. The maximum Gasteiger partial charge on any atom is 0.267 e. The maximum absolute atomic E-state index is 12.0. The monoisotopic (exact) mass is 371 g/mol. The molecule has 1 saturated heterocycles. The summed E-state index contributed by atoms with van der Waals surface area (Å²) in [6.07, 6.45) is 2.36. The molecule has 0 saturated carbocycles. The standard InChI is InChI=1S/C22H21N5O/c23-13-15-3-1-4-17(11-15)20-12-21(22(24)28)27(26-20)19-8-6-16(7-9-19)18-5-2-10-25-14-18/h1,3-4,6-9,11-12,18,25H,2,5,10,14H2,(H2,24,28)/t18-/m0/s1. The molecular weight excluding hydrogens is 350 g/mol. The Morgan fingerprint density at radius 2 is 2.04 bits per heavy atom. The molecule has 3 N–H and O–H groups in total. The third-order valence-electron chi connectivity index (χ3n) is 5.16. The average Bonchev–Trinajstić information content (AvgIpc) is 3.20. The Labute approximate surface area is 163 Å². The molecule has 28 heavy (non-hydrogen) atoms. The van der Waals surface area contributed by atoms with Crippen LogP contribution in [0.5, 0.6) is 0 Å². The lowest BCUT2D eigenvalue weighted by atomic mass is 9.92. The first-order chi connectivity index (χ1) is 13.7. The average molecular weight is 371 g/mol. The smallest absolute Gasteiger partial charge is 0.267 e. The summed E-state index contributed by atoms with van der Waals surface area (Å²) in [6.45, 7) is 2.08. The highest BCUT2D eigenvalue weighted by Crippen LogP contribution is 2.26. The second-order valence-corrected chi connectivity index (χ2v) is 7.02. The minimum Gasteiger partial charge on any atom is -0.364 e. The number of hydrogen-bond acceptors (Lipinski definition) is 4. The molecule has 2 heterocycles. The van der Waals surface area contributed by atoms with Gasteiger partial charge in [0.25, 0.3) is 5.91 Å². The van der Waals surface area contributed by atoms with Crippen LogP contribution in [-0.4, -0.2) is 28.8 Å². The number of nitrogens with one attached hydrogen (secondary N) is 1. The Bertz CT molecular complexity index is 1040. The number of benzene rings is 2. The van der Waals surface area contributed by atoms with Gasteiger partial charge in [-0.15, -0.1) is 0 Å². The lowest BCUT2D eigenvalue weighted by Crippen LogP contribution is -2.28. The number of hydrogen-bond donors (Lipinski definition) is 2. The van der Waals surface area contributed by atoms with E-state index < -0.39 is 5.91 Å². The first kappa shape index (κ1) is 18.0. The van der Waals surface area contributed by atoms with Gasteiger partial charge >= 0.3 is 0 Å². The molecule has 6 nitrogen and oxygen atoms in total. The van der Waals surface area contributed by atoms with Crippen LogP contribution < -0.4 is 11.1 Å². The SMILES string of the molecule is N#Cc1cccc(-c2cc(C(N)=O)n(-c3ccc([C@H]4CCCNC4)cc3)n2)c1. The van der Waals surface area contributed by atoms with Crippen LogP contribution in [0, 0.1) is 11.3 Å². The fourth-order valence-electron chi connectivity index (χ4n) is 3.67. The van der Waals surface area contributed by atoms with E-state index in [0.29, 0.717) is 22.9 Å². The van der Waals surface area contributed by atoms with Crippen LogP contribution in [0.4, 0.5) is 0 Å². The van der Waals surface area contributed by atoms with Crippen LogP contribution in [0.15, 0.2) is 54.6 Å². The Morgan fingerprint density at radius 1 is 1.21 bits per heavy atom. The first-order valence-electron chi connectivity index (χ1n) is 9.37. The van der Waals surface area contributed by atoms with Gasteiger partial charge in [0.2, 0.25) is 0 Å². The predicted molar refractivity (Wildman–Crippen MR) is 107 cm³/mol. The summed E-state index contributed by atoms with van der Waals surface area (Å²) in [7, 11) is 0. The summed E-state index contributed by atoms with van der Waals surface area (Å²) in [5.74, 6) is -0.0314. The van der Waals surface area contributed by atoms with Crippen molar-refractivity contribution in [2.75, 3.05) is 13.1 Å². The molecule has 0 unspecified atom stereocenters. The molecule has 0 bridgehead atoms. The topological polar surface area (TPSA) is 96.7 Å². The van der Waals surface area contributed by atoms with Crippen LogP contribution in [0.1, 0.15) is 40.4 Å². The lowest BCUT2D eigenvalue weighted by Gasteiger charge is -2.23. The number of nitriles is 1. The molecule has 0 radical (unpaired) electrons. The summed E-state index contributed by atoms with van der Waals surface area (Å²) in [6, 6.07) is 19.0. The highest BCUT2D eigenvalue weighted by atomic mass is 16.1. The normalized spacial score (nSPS) is 16.5. The van der Waals surface area contributed by atoms with Crippen molar-refractivity contribution in [2.24, 2.45) is 5.73 Å². The minimum atomic E-state index is -0.546. The summed E-state index contributed by atoms with van der Waals surface area (Å²) in [5.41, 5.74) is 9.87. The van der Waals surface area contributed by atoms with Crippen LogP contribution in [-0.2, 0) is 0 Å². The van der Waals surface area contributed by atoms with E-state index in [9.17, 15) is 4.79 Å². The number of aromatic nitrogens is 2. The van der Waals surface area contributed by atoms with Crippen LogP contribution in [0.3, 0.4) is 0 Å². The molecule has 4 rings (SSSR count). The van der Waals surface area contributed by atoms with E-state index in [0.717, 1.165) is 24.3 Å². The van der Waals surface area contributed by atoms with Gasteiger partial charge in [-0.1, -0.05) is 24.3 Å². The molecule has 2 aromatic carbocycles. The Morgan fingerprint density at radius 3 is 2.71 bits per heavy atom. The summed E-state index contributed by atoms with van der Waals surface area (Å²) in [5, 5.41) is 17.1. The third-order valence-corrected chi connectivity index (χ3v) is 5.16. The zero-order valence-corrected chi connectivity index (χ0v) is 15.4. The fraction of sp³-hybridized carbons (Fsp3) is 0.227. The van der Waals surface area contributed by atoms with E-state index in [1.54, 1.807) is 28.9 Å². The van der Waals surface area contributed by atoms with Crippen LogP contribution in [0.25, 0.3) is 16.9 Å². The predicted octanol–water partition coefficient (Wildman–Crippen LogP) is 2.98. The second-order valence-electron chi connectivity index (χ2n) is 7.02. The van der Waals surface area contributed by atoms with Gasteiger partial charge in [-0.2, -0.15) is 10.4 Å². The van der Waals surface area contributed by atoms with Gasteiger partial charge in [-0.05, 0) is 61.2 Å². The Kier molecular flexibility index (Phi) is 4.92. The number of rotatable bonds is 4. The zero-order valence-electron chi connectivity index (χ0n) is 15.4. The van der Waals surface area contributed by atoms with Crippen molar-refractivity contribution < 1.29 is 4.79 Å². The van der Waals surface area contributed by atoms with Crippen molar-refractivity contribution >= 4 is 5.91 Å². The number of nitrogens with zero attached hydrogens (tertiary/aromatic N) is 3. The van der Waals surface area contributed by atoms with Crippen molar-refractivity contribution in [1.29, 1.82) is 5.26 Å². The zero-order chi connectivity index (χ0) is 19.5. The van der Waals surface area contributed by atoms with Crippen molar-refractivity contribution in [1.82, 2.24) is 15.1 Å². The fourth-order valence-corrected chi connectivity index (χ4v) is 3.67. The summed E-state index contributed by atoms with van der Waals surface area (Å²) in [4.78, 5) is 12.0. The van der Waals surface area contributed by atoms with Gasteiger partial charge in [0.05, 0.1) is 23.0 Å². The Balaban J connectivity index is 1.69. The first-order valence-corrected chi connectivity index (χ1v) is 9.37. The van der Waals surface area contributed by atoms with Crippen molar-refractivity contribution in [3.05, 3.63) is 71.4 Å². The molecule has 1 amide bonds. The highest BCUT2D eigenvalue weighted by Gasteiger charge is 2.18. The number of carbonyl (C=O) groups excluding carboxylic acids is 1. The van der Waals surface area contributed by atoms with Gasteiger partial charge in [0, 0.05) is 12.1 Å². The number of piperidine rings is 1. The number of amides is 1. The molecule has 1 aliphatic heterocycles. The van der Waals surface area contributed by atoms with E-state index in [4.69, 9.17) is 11.0 Å². The van der Waals surface area contributed by atoms with Crippen molar-refractivity contribution in [2.45, 2.75) is 18.8 Å². The molecule has 6 heteroatoms. The van der Waals surface area contributed by atoms with Crippen molar-refractivity contribution in [3.8, 4) is 23.0 Å². The second kappa shape index (κ2) is 7.67. The molecule has 1 fully saturated rings. The minimum absolute atomic E-state index is 0.310. The van der Waals surface area contributed by atoms with Gasteiger partial charge in [0.15, 0.2) is 0 Å². The van der Waals surface area contributed by atoms with E-state index in [1.165, 1.54) is 18.4 Å². The highest BCUT2D eigenvalue weighted by molar-refractivity contribution is 5.93. The molecule has 1 atom stereocenters. The van der Waals surface area contributed by atoms with E-state index in [-0.39, 0.29) is 0 Å². The van der Waals surface area contributed by atoms with Crippen molar-refractivity contribution in [3.63, 3.8) is 0 Å². The number of primary amides is 1. The van der Waals surface area contributed by atoms with Crippen LogP contribution >= 0.6 is 0 Å². The third kappa shape index (κ3) is 3.53. The molecule has 1 aromatic heterocycles. The maximum atomic E-state index is 12.0. The van der Waals surface area contributed by atoms with E-state index >= 15 is 0 Å². The van der Waals surface area contributed by atoms with Gasteiger partial charge in [-0.3, -0.25) is 4.79 Å². The number of carbonyl (C=O) groups is 1. The molecule has 3 aromatic rings. The quantitative estimate of drug-likeness (QED) is 0.737. The van der Waals surface area contributed by atoms with Crippen LogP contribution in [0.2, 0.25) is 0 Å². The Hall–Kier alpha value is -3.43. The van der Waals surface area contributed by atoms with Gasteiger partial charge in [-0.25, -0.2) is 4.68 Å². The molecular formula is C22H21N5O. The number of nitrogens with two attached hydrogens (primary N) is 1. The van der Waals surface area contributed by atoms with E-state index in [1.807, 2.05) is 18.2 Å². The lowest BCUT2D eigenvalue weighted by molar-refractivity contribution is 0.0993. The van der Waals surface area contributed by atoms with Gasteiger partial charge in [0.1, 0.15) is 5.69 Å². The summed E-state index contributed by atoms with van der Waals surface area (Å²) < 4.78 is 1.57. The summed E-state index contributed by atoms with van der Waals surface area (Å²) >= 11 is 0. The molecule has 1 aliphatic rings. The molecule has 0 spiro atoms. The van der Waals surface area contributed by atoms with E-state index in [2.05, 4.69) is 28.6 Å². The van der Waals surface area contributed by atoms with Gasteiger partial charge < -0.3 is 11.1 Å².